The van der Waals surface area contributed by atoms with Gasteiger partial charge in [-0.25, -0.2) is 8.42 Å². The van der Waals surface area contributed by atoms with Crippen LogP contribution < -0.4 is 5.32 Å². The van der Waals surface area contributed by atoms with E-state index >= 15 is 0 Å². The van der Waals surface area contributed by atoms with Crippen LogP contribution in [0.5, 0.6) is 0 Å². The van der Waals surface area contributed by atoms with Gasteiger partial charge >= 0.3 is 0 Å². The third kappa shape index (κ3) is 5.07. The number of benzene rings is 1. The van der Waals surface area contributed by atoms with Gasteiger partial charge in [0.05, 0.1) is 4.90 Å². The molecule has 0 unspecified atom stereocenters. The Morgan fingerprint density at radius 3 is 2.32 bits per heavy atom. The maximum atomic E-state index is 12.4. The number of amides is 1. The Hall–Kier alpha value is -1.84. The highest BCUT2D eigenvalue weighted by molar-refractivity contribution is 7.89. The average Bonchev–Trinajstić information content (AvgIpc) is 2.99. The van der Waals surface area contributed by atoms with Crippen LogP contribution in [-0.4, -0.2) is 41.9 Å². The zero-order chi connectivity index (χ0) is 18.4. The lowest BCUT2D eigenvalue weighted by molar-refractivity contribution is -0.116. The van der Waals surface area contributed by atoms with Crippen LogP contribution in [0.1, 0.15) is 30.8 Å². The number of rotatable bonds is 8. The molecule has 0 saturated heterocycles. The summed E-state index contributed by atoms with van der Waals surface area (Å²) in [5.74, 6) is -0.143. The topological polar surface area (TPSA) is 92.3 Å². The fraction of sp³-hybridized carbons (Fsp3) is 0.438. The Balaban J connectivity index is 1.95. The van der Waals surface area contributed by atoms with Gasteiger partial charge < -0.3 is 5.32 Å². The lowest BCUT2D eigenvalue weighted by Gasteiger charge is -2.18. The van der Waals surface area contributed by atoms with Gasteiger partial charge in [-0.05, 0) is 31.0 Å². The Morgan fingerprint density at radius 1 is 1.16 bits per heavy atom. The summed E-state index contributed by atoms with van der Waals surface area (Å²) < 4.78 is 26.3. The van der Waals surface area contributed by atoms with Gasteiger partial charge in [0.15, 0.2) is 0 Å². The van der Waals surface area contributed by atoms with Crippen molar-refractivity contribution in [1.29, 1.82) is 0 Å². The number of anilines is 1. The van der Waals surface area contributed by atoms with Gasteiger partial charge in [0.25, 0.3) is 0 Å². The molecule has 1 amide bonds. The van der Waals surface area contributed by atoms with Crippen LogP contribution in [0.4, 0.5) is 5.13 Å². The fourth-order valence-corrected chi connectivity index (χ4v) is 4.39. The predicted molar refractivity (Wildman–Crippen MR) is 98.1 cm³/mol. The predicted octanol–water partition coefficient (Wildman–Crippen LogP) is 2.45. The number of nitrogens with zero attached hydrogens (tertiary/aromatic N) is 3. The first-order chi connectivity index (χ1) is 11.9. The number of carbonyl (C=O) groups is 1. The van der Waals surface area contributed by atoms with E-state index in [9.17, 15) is 13.2 Å². The van der Waals surface area contributed by atoms with E-state index in [2.05, 4.69) is 15.5 Å². The van der Waals surface area contributed by atoms with Gasteiger partial charge in [0, 0.05) is 19.5 Å². The van der Waals surface area contributed by atoms with Crippen LogP contribution in [-0.2, 0) is 21.2 Å². The summed E-state index contributed by atoms with van der Waals surface area (Å²) in [6, 6.07) is 6.68. The van der Waals surface area contributed by atoms with Crippen molar-refractivity contribution >= 4 is 32.4 Å². The molecule has 0 bridgehead atoms. The van der Waals surface area contributed by atoms with Crippen molar-refractivity contribution in [2.45, 2.75) is 38.5 Å². The first-order valence-corrected chi connectivity index (χ1v) is 10.3. The zero-order valence-electron chi connectivity index (χ0n) is 14.5. The van der Waals surface area contributed by atoms with Crippen LogP contribution in [0.3, 0.4) is 0 Å². The highest BCUT2D eigenvalue weighted by Crippen LogP contribution is 2.17. The number of aromatic nitrogens is 2. The summed E-state index contributed by atoms with van der Waals surface area (Å²) in [7, 11) is -3.45. The van der Waals surface area contributed by atoms with Gasteiger partial charge in [0.1, 0.15) is 5.01 Å². The molecular formula is C16H22N4O3S2. The van der Waals surface area contributed by atoms with Crippen molar-refractivity contribution in [1.82, 2.24) is 14.5 Å². The number of hydrogen-bond donors (Lipinski definition) is 1. The maximum Gasteiger partial charge on any atom is 0.243 e. The Bertz CT molecular complexity index is 812. The third-order valence-electron chi connectivity index (χ3n) is 3.68. The van der Waals surface area contributed by atoms with E-state index in [0.717, 1.165) is 10.6 Å². The Labute approximate surface area is 152 Å². The van der Waals surface area contributed by atoms with Crippen molar-refractivity contribution in [3.63, 3.8) is 0 Å². The van der Waals surface area contributed by atoms with E-state index in [1.165, 1.54) is 15.6 Å². The molecule has 0 aliphatic carbocycles. The molecule has 1 N–H and O–H groups in total. The maximum absolute atomic E-state index is 12.4. The average molecular weight is 383 g/mol. The van der Waals surface area contributed by atoms with Crippen molar-refractivity contribution in [2.75, 3.05) is 18.4 Å². The molecule has 0 aliphatic heterocycles. The zero-order valence-corrected chi connectivity index (χ0v) is 16.2. The largest absolute Gasteiger partial charge is 0.301 e. The van der Waals surface area contributed by atoms with Gasteiger partial charge in [0.2, 0.25) is 21.1 Å². The summed E-state index contributed by atoms with van der Waals surface area (Å²) in [5.41, 5.74) is 0.905. The monoisotopic (exact) mass is 382 g/mol. The quantitative estimate of drug-likeness (QED) is 0.757. The second-order valence-electron chi connectivity index (χ2n) is 5.41. The third-order valence-corrected chi connectivity index (χ3v) is 6.50. The number of aryl methyl sites for hydroxylation is 2. The molecule has 9 heteroatoms. The van der Waals surface area contributed by atoms with E-state index in [4.69, 9.17) is 0 Å². The minimum absolute atomic E-state index is 0.143. The summed E-state index contributed by atoms with van der Waals surface area (Å²) in [6.45, 7) is 6.32. The molecule has 1 aromatic carbocycles. The molecule has 0 atom stereocenters. The number of sulfonamides is 1. The van der Waals surface area contributed by atoms with Crippen LogP contribution in [0, 0.1) is 6.92 Å². The van der Waals surface area contributed by atoms with E-state index in [-0.39, 0.29) is 10.8 Å². The van der Waals surface area contributed by atoms with Crippen molar-refractivity contribution < 1.29 is 13.2 Å². The summed E-state index contributed by atoms with van der Waals surface area (Å²) in [5, 5.41) is 11.7. The highest BCUT2D eigenvalue weighted by Gasteiger charge is 2.21. The summed E-state index contributed by atoms with van der Waals surface area (Å²) in [6.07, 6.45) is 0.815. The van der Waals surface area contributed by atoms with Gasteiger partial charge in [-0.15, -0.1) is 10.2 Å². The smallest absolute Gasteiger partial charge is 0.243 e. The molecule has 2 aromatic rings. The van der Waals surface area contributed by atoms with Crippen LogP contribution in [0.15, 0.2) is 29.2 Å². The molecule has 7 nitrogen and oxygen atoms in total. The molecule has 0 fully saturated rings. The van der Waals surface area contributed by atoms with Crippen LogP contribution in [0.25, 0.3) is 0 Å². The van der Waals surface area contributed by atoms with E-state index in [0.29, 0.717) is 31.1 Å². The number of nitrogens with one attached hydrogen (secondary N) is 1. The second kappa shape index (κ2) is 8.50. The molecule has 2 rings (SSSR count). The molecular weight excluding hydrogens is 360 g/mol. The minimum atomic E-state index is -3.45. The lowest BCUT2D eigenvalue weighted by atomic mass is 10.1. The Morgan fingerprint density at radius 2 is 1.80 bits per heavy atom. The van der Waals surface area contributed by atoms with E-state index in [1.54, 1.807) is 24.3 Å². The number of hydrogen-bond acceptors (Lipinski definition) is 6. The van der Waals surface area contributed by atoms with Crippen molar-refractivity contribution in [2.24, 2.45) is 0 Å². The normalized spacial score (nSPS) is 11.7. The highest BCUT2D eigenvalue weighted by atomic mass is 32.2. The molecule has 0 saturated carbocycles. The van der Waals surface area contributed by atoms with Crippen molar-refractivity contribution in [3.8, 4) is 0 Å². The van der Waals surface area contributed by atoms with E-state index in [1.807, 2.05) is 20.8 Å². The number of carbonyl (C=O) groups excluding carboxylic acids is 1. The second-order valence-corrected chi connectivity index (χ2v) is 8.53. The minimum Gasteiger partial charge on any atom is -0.301 e. The molecule has 0 aliphatic rings. The molecule has 1 aromatic heterocycles. The molecule has 136 valence electrons. The Kier molecular flexibility index (Phi) is 6.63. The molecule has 1 heterocycles. The summed E-state index contributed by atoms with van der Waals surface area (Å²) >= 11 is 1.32. The first-order valence-electron chi connectivity index (χ1n) is 8.05. The summed E-state index contributed by atoms with van der Waals surface area (Å²) in [4.78, 5) is 12.2. The lowest BCUT2D eigenvalue weighted by Crippen LogP contribution is -2.30. The first kappa shape index (κ1) is 19.5. The van der Waals surface area contributed by atoms with Gasteiger partial charge in [-0.3, -0.25) is 4.79 Å². The van der Waals surface area contributed by atoms with E-state index < -0.39 is 10.0 Å². The molecule has 25 heavy (non-hydrogen) atoms. The van der Waals surface area contributed by atoms with Gasteiger partial charge in [-0.1, -0.05) is 37.3 Å². The van der Waals surface area contributed by atoms with Gasteiger partial charge in [-0.2, -0.15) is 4.31 Å². The van der Waals surface area contributed by atoms with Crippen molar-refractivity contribution in [3.05, 3.63) is 34.8 Å². The fourth-order valence-electron chi connectivity index (χ4n) is 2.33. The van der Waals surface area contributed by atoms with Crippen LogP contribution >= 0.6 is 11.3 Å². The SMILES string of the molecule is CCN(CC)S(=O)(=O)c1ccc(CCC(=O)Nc2nnc(C)s2)cc1. The molecule has 0 spiro atoms. The van der Waals surface area contributed by atoms with Crippen LogP contribution in [0.2, 0.25) is 0 Å². The standard InChI is InChI=1S/C16H22N4O3S2/c1-4-20(5-2)25(22,23)14-9-6-13(7-10-14)8-11-15(21)17-16-19-18-12(3)24-16/h6-7,9-10H,4-5,8,11H2,1-3H3,(H,17,19,21). The molecule has 0 radical (unpaired) electrons.